The lowest BCUT2D eigenvalue weighted by molar-refractivity contribution is 0.105. The molecule has 4 heteroatoms. The van der Waals surface area contributed by atoms with Crippen LogP contribution < -0.4 is 5.73 Å². The summed E-state index contributed by atoms with van der Waals surface area (Å²) in [4.78, 5) is 15.5. The number of pyridine rings is 1. The molecule has 0 amide bonds. The monoisotopic (exact) mass is 240 g/mol. The predicted molar refractivity (Wildman–Crippen MR) is 66.3 cm³/mol. The molecule has 0 spiro atoms. The molecular formula is C14H9FN2O. The van der Waals surface area contributed by atoms with E-state index in [0.29, 0.717) is 5.56 Å². The Hall–Kier alpha value is -2.67. The molecule has 2 N–H and O–H groups in total. The Kier molecular flexibility index (Phi) is 3.35. The fourth-order valence-electron chi connectivity index (χ4n) is 1.34. The zero-order valence-corrected chi connectivity index (χ0v) is 9.35. The van der Waals surface area contributed by atoms with Gasteiger partial charge in [-0.2, -0.15) is 0 Å². The molecule has 3 nitrogen and oxygen atoms in total. The zero-order chi connectivity index (χ0) is 13.0. The van der Waals surface area contributed by atoms with Crippen LogP contribution >= 0.6 is 0 Å². The number of nitrogen functional groups attached to an aromatic ring is 1. The lowest BCUT2D eigenvalue weighted by Crippen LogP contribution is -2.02. The van der Waals surface area contributed by atoms with Gasteiger partial charge in [-0.25, -0.2) is 9.37 Å². The number of halogens is 1. The van der Waals surface area contributed by atoms with Gasteiger partial charge in [0.15, 0.2) is 0 Å². The molecule has 1 heterocycles. The molecule has 0 saturated carbocycles. The molecule has 0 radical (unpaired) electrons. The fraction of sp³-hybridized carbons (Fsp3) is 0. The van der Waals surface area contributed by atoms with Gasteiger partial charge in [-0.1, -0.05) is 5.92 Å². The molecule has 1 aromatic carbocycles. The highest BCUT2D eigenvalue weighted by molar-refractivity contribution is 6.11. The first-order chi connectivity index (χ1) is 8.66. The Bertz CT molecular complexity index is 639. The Balaban J connectivity index is 2.23. The van der Waals surface area contributed by atoms with E-state index in [1.165, 1.54) is 30.5 Å². The average Bonchev–Trinajstić information content (AvgIpc) is 2.38. The van der Waals surface area contributed by atoms with Crippen LogP contribution in [0.3, 0.4) is 0 Å². The molecule has 2 aromatic rings. The topological polar surface area (TPSA) is 56.0 Å². The third-order valence-electron chi connectivity index (χ3n) is 2.25. The molecule has 1 aromatic heterocycles. The van der Waals surface area contributed by atoms with Gasteiger partial charge in [0.25, 0.3) is 0 Å². The van der Waals surface area contributed by atoms with Gasteiger partial charge in [-0.3, -0.25) is 4.79 Å². The fourth-order valence-corrected chi connectivity index (χ4v) is 1.34. The number of rotatable bonds is 1. The summed E-state index contributed by atoms with van der Waals surface area (Å²) in [5.41, 5.74) is 6.39. The molecule has 0 unspecified atom stereocenters. The number of nitrogens with zero attached hydrogens (tertiary/aromatic N) is 1. The lowest BCUT2D eigenvalue weighted by atomic mass is 10.1. The minimum absolute atomic E-state index is 0.149. The van der Waals surface area contributed by atoms with E-state index >= 15 is 0 Å². The van der Waals surface area contributed by atoms with Crippen LogP contribution in [-0.2, 0) is 0 Å². The van der Waals surface area contributed by atoms with Crippen molar-refractivity contribution in [2.24, 2.45) is 0 Å². The molecule has 18 heavy (non-hydrogen) atoms. The lowest BCUT2D eigenvalue weighted by Gasteiger charge is -1.96. The van der Waals surface area contributed by atoms with E-state index in [1.807, 2.05) is 0 Å². The van der Waals surface area contributed by atoms with Crippen LogP contribution in [0.4, 0.5) is 10.2 Å². The number of anilines is 1. The first kappa shape index (κ1) is 11.8. The molecule has 0 atom stereocenters. The molecular weight excluding hydrogens is 231 g/mol. The maximum Gasteiger partial charge on any atom is 0.239 e. The zero-order valence-electron chi connectivity index (χ0n) is 9.35. The highest BCUT2D eigenvalue weighted by Gasteiger charge is 2.06. The van der Waals surface area contributed by atoms with Gasteiger partial charge in [-0.05, 0) is 42.3 Å². The van der Waals surface area contributed by atoms with E-state index in [-0.39, 0.29) is 17.2 Å². The van der Waals surface area contributed by atoms with Gasteiger partial charge >= 0.3 is 0 Å². The van der Waals surface area contributed by atoms with E-state index in [4.69, 9.17) is 5.73 Å². The van der Waals surface area contributed by atoms with Crippen molar-refractivity contribution in [3.63, 3.8) is 0 Å². The second-order valence-electron chi connectivity index (χ2n) is 3.52. The standard InChI is InChI=1S/C14H9FN2O/c15-11-6-3-10(4-7-11)5-8-13(18)12-2-1-9-17-14(12)16/h1-4,6-7,9H,(H2,16,17). The van der Waals surface area contributed by atoms with Gasteiger partial charge in [0, 0.05) is 11.8 Å². The number of benzene rings is 1. The van der Waals surface area contributed by atoms with Crippen molar-refractivity contribution in [2.75, 3.05) is 5.73 Å². The number of carbonyl (C=O) groups excluding carboxylic acids is 1. The summed E-state index contributed by atoms with van der Waals surface area (Å²) >= 11 is 0. The van der Waals surface area contributed by atoms with Crippen molar-refractivity contribution in [1.82, 2.24) is 4.98 Å². The van der Waals surface area contributed by atoms with Gasteiger partial charge in [0.2, 0.25) is 5.78 Å². The van der Waals surface area contributed by atoms with Crippen molar-refractivity contribution in [3.8, 4) is 11.8 Å². The van der Waals surface area contributed by atoms with Crippen molar-refractivity contribution >= 4 is 11.6 Å². The molecule has 0 bridgehead atoms. The van der Waals surface area contributed by atoms with Crippen LogP contribution in [0.2, 0.25) is 0 Å². The van der Waals surface area contributed by atoms with Crippen LogP contribution in [0.1, 0.15) is 15.9 Å². The summed E-state index contributed by atoms with van der Waals surface area (Å²) in [6, 6.07) is 8.75. The third kappa shape index (κ3) is 2.71. The molecule has 0 aliphatic rings. The smallest absolute Gasteiger partial charge is 0.239 e. The summed E-state index contributed by atoms with van der Waals surface area (Å²) in [6.45, 7) is 0. The quantitative estimate of drug-likeness (QED) is 0.613. The van der Waals surface area contributed by atoms with Crippen molar-refractivity contribution < 1.29 is 9.18 Å². The van der Waals surface area contributed by atoms with Crippen LogP contribution in [0, 0.1) is 17.7 Å². The highest BCUT2D eigenvalue weighted by atomic mass is 19.1. The summed E-state index contributed by atoms with van der Waals surface area (Å²) < 4.78 is 12.7. The minimum Gasteiger partial charge on any atom is -0.383 e. The molecule has 2 rings (SSSR count). The average molecular weight is 240 g/mol. The maximum absolute atomic E-state index is 12.7. The first-order valence-corrected chi connectivity index (χ1v) is 5.19. The molecule has 88 valence electrons. The van der Waals surface area contributed by atoms with Crippen LogP contribution in [-0.4, -0.2) is 10.8 Å². The number of hydrogen-bond donors (Lipinski definition) is 1. The number of ketones is 1. The van der Waals surface area contributed by atoms with E-state index < -0.39 is 5.78 Å². The summed E-state index contributed by atoms with van der Waals surface area (Å²) in [5, 5.41) is 0. The Morgan fingerprint density at radius 2 is 1.94 bits per heavy atom. The van der Waals surface area contributed by atoms with Crippen LogP contribution in [0.25, 0.3) is 0 Å². The van der Waals surface area contributed by atoms with Crippen molar-refractivity contribution in [1.29, 1.82) is 0 Å². The number of hydrogen-bond acceptors (Lipinski definition) is 3. The summed E-state index contributed by atoms with van der Waals surface area (Å²) in [7, 11) is 0. The minimum atomic E-state index is -0.412. The largest absolute Gasteiger partial charge is 0.383 e. The Morgan fingerprint density at radius 3 is 2.61 bits per heavy atom. The van der Waals surface area contributed by atoms with Crippen molar-refractivity contribution in [2.45, 2.75) is 0 Å². The van der Waals surface area contributed by atoms with Crippen LogP contribution in [0.5, 0.6) is 0 Å². The van der Waals surface area contributed by atoms with E-state index in [1.54, 1.807) is 12.1 Å². The normalized spacial score (nSPS) is 9.39. The second kappa shape index (κ2) is 5.11. The highest BCUT2D eigenvalue weighted by Crippen LogP contribution is 2.07. The maximum atomic E-state index is 12.7. The molecule has 0 saturated heterocycles. The molecule has 0 aliphatic heterocycles. The summed E-state index contributed by atoms with van der Waals surface area (Å²) in [5.74, 6) is 4.48. The predicted octanol–water partition coefficient (Wildman–Crippen LogP) is 2.04. The van der Waals surface area contributed by atoms with Gasteiger partial charge in [0.1, 0.15) is 11.6 Å². The number of nitrogens with two attached hydrogens (primary N) is 1. The Labute approximate surface area is 103 Å². The van der Waals surface area contributed by atoms with Crippen molar-refractivity contribution in [3.05, 3.63) is 59.5 Å². The van der Waals surface area contributed by atoms with Crippen LogP contribution in [0.15, 0.2) is 42.6 Å². The van der Waals surface area contributed by atoms with E-state index in [2.05, 4.69) is 16.8 Å². The van der Waals surface area contributed by atoms with Gasteiger partial charge < -0.3 is 5.73 Å². The Morgan fingerprint density at radius 1 is 1.22 bits per heavy atom. The van der Waals surface area contributed by atoms with Gasteiger partial charge in [0.05, 0.1) is 5.56 Å². The second-order valence-corrected chi connectivity index (χ2v) is 3.52. The molecule has 0 aliphatic carbocycles. The summed E-state index contributed by atoms with van der Waals surface area (Å²) in [6.07, 6.45) is 1.50. The van der Waals surface area contributed by atoms with Gasteiger partial charge in [-0.15, -0.1) is 0 Å². The third-order valence-corrected chi connectivity index (χ3v) is 2.25. The van der Waals surface area contributed by atoms with E-state index in [0.717, 1.165) is 0 Å². The molecule has 0 fully saturated rings. The SMILES string of the molecule is Nc1ncccc1C(=O)C#Cc1ccc(F)cc1. The van der Waals surface area contributed by atoms with E-state index in [9.17, 15) is 9.18 Å². The first-order valence-electron chi connectivity index (χ1n) is 5.19. The number of carbonyl (C=O) groups is 1. The number of aromatic nitrogens is 1. The number of Topliss-reactive ketones (excluding diaryl/α,β-unsaturated/α-hetero) is 1.